The summed E-state index contributed by atoms with van der Waals surface area (Å²) < 4.78 is 11.2. The molecule has 0 saturated carbocycles. The summed E-state index contributed by atoms with van der Waals surface area (Å²) in [7, 11) is 0. The third-order valence-electron chi connectivity index (χ3n) is 3.60. The number of carbonyl (C=O) groups is 1. The van der Waals surface area contributed by atoms with Crippen LogP contribution in [0.4, 0.5) is 0 Å². The van der Waals surface area contributed by atoms with Gasteiger partial charge in [0.2, 0.25) is 5.90 Å². The lowest BCUT2D eigenvalue weighted by molar-refractivity contribution is -0.135. The summed E-state index contributed by atoms with van der Waals surface area (Å²) in [5.74, 6) is 0.784. The van der Waals surface area contributed by atoms with Crippen molar-refractivity contribution in [2.45, 2.75) is 13.0 Å². The number of nitriles is 1. The topological polar surface area (TPSA) is 74.9 Å². The van der Waals surface area contributed by atoms with E-state index in [2.05, 4.69) is 5.10 Å². The van der Waals surface area contributed by atoms with E-state index in [1.165, 1.54) is 5.01 Å². The highest BCUT2D eigenvalue weighted by Crippen LogP contribution is 2.18. The second-order valence-corrected chi connectivity index (χ2v) is 5.42. The Labute approximate surface area is 145 Å². The molecule has 1 amide bonds. The molecule has 0 spiro atoms. The molecule has 6 heteroatoms. The number of ether oxygens (including phenoxy) is 2. The van der Waals surface area contributed by atoms with Crippen LogP contribution in [0.5, 0.6) is 5.75 Å². The van der Waals surface area contributed by atoms with Crippen LogP contribution in [-0.4, -0.2) is 30.0 Å². The van der Waals surface area contributed by atoms with Gasteiger partial charge in [-0.25, -0.2) is 5.01 Å². The Morgan fingerprint density at radius 1 is 1.20 bits per heavy atom. The van der Waals surface area contributed by atoms with Crippen LogP contribution >= 0.6 is 0 Å². The molecule has 2 aromatic carbocycles. The van der Waals surface area contributed by atoms with Gasteiger partial charge in [-0.05, 0) is 23.8 Å². The van der Waals surface area contributed by atoms with Crippen molar-refractivity contribution in [2.24, 2.45) is 5.10 Å². The Hall–Kier alpha value is -3.33. The van der Waals surface area contributed by atoms with Crippen LogP contribution in [0.15, 0.2) is 59.7 Å². The fourth-order valence-electron chi connectivity index (χ4n) is 2.33. The van der Waals surface area contributed by atoms with Gasteiger partial charge in [-0.1, -0.05) is 36.4 Å². The van der Waals surface area contributed by atoms with E-state index >= 15 is 0 Å². The highest BCUT2D eigenvalue weighted by Gasteiger charge is 2.22. The highest BCUT2D eigenvalue weighted by molar-refractivity contribution is 5.98. The predicted molar refractivity (Wildman–Crippen MR) is 91.6 cm³/mol. The van der Waals surface area contributed by atoms with Crippen molar-refractivity contribution in [3.05, 3.63) is 65.7 Å². The summed E-state index contributed by atoms with van der Waals surface area (Å²) in [6, 6.07) is 19.3. The summed E-state index contributed by atoms with van der Waals surface area (Å²) in [6.07, 6.45) is 0.225. The fraction of sp³-hybridized carbons (Fsp3) is 0.211. The molecule has 0 aromatic heterocycles. The number of nitrogens with zero attached hydrogens (tertiary/aromatic N) is 3. The molecule has 6 nitrogen and oxygen atoms in total. The van der Waals surface area contributed by atoms with E-state index in [4.69, 9.17) is 14.7 Å². The molecule has 0 saturated heterocycles. The number of hydrazone groups is 1. The van der Waals surface area contributed by atoms with Crippen LogP contribution in [-0.2, 0) is 16.1 Å². The largest absolute Gasteiger partial charge is 0.489 e. The summed E-state index contributed by atoms with van der Waals surface area (Å²) >= 11 is 0. The molecule has 0 fully saturated rings. The molecule has 1 heterocycles. The van der Waals surface area contributed by atoms with Crippen molar-refractivity contribution in [2.75, 3.05) is 13.2 Å². The van der Waals surface area contributed by atoms with Gasteiger partial charge in [-0.2, -0.15) is 5.26 Å². The molecule has 25 heavy (non-hydrogen) atoms. The molecule has 0 unspecified atom stereocenters. The van der Waals surface area contributed by atoms with E-state index in [0.29, 0.717) is 18.3 Å². The molecule has 2 aromatic rings. The molecule has 1 aliphatic rings. The number of hydrogen-bond acceptors (Lipinski definition) is 5. The normalized spacial score (nSPS) is 13.6. The van der Waals surface area contributed by atoms with Gasteiger partial charge in [-0.15, -0.1) is 5.10 Å². The smallest absolute Gasteiger partial charge is 0.280 e. The summed E-state index contributed by atoms with van der Waals surface area (Å²) in [6.45, 7) is 0.635. The molecular weight excluding hydrogens is 318 g/mol. The van der Waals surface area contributed by atoms with Crippen molar-refractivity contribution in [3.63, 3.8) is 0 Å². The number of rotatable bonds is 6. The minimum atomic E-state index is -0.254. The van der Waals surface area contributed by atoms with Crippen molar-refractivity contribution in [1.29, 1.82) is 5.26 Å². The zero-order valence-corrected chi connectivity index (χ0v) is 13.6. The first kappa shape index (κ1) is 16.5. The predicted octanol–water partition coefficient (Wildman–Crippen LogP) is 2.70. The lowest BCUT2D eigenvalue weighted by Crippen LogP contribution is -2.37. The Bertz CT molecular complexity index is 812. The average molecular weight is 335 g/mol. The van der Waals surface area contributed by atoms with E-state index in [0.717, 1.165) is 11.1 Å². The number of carbonyl (C=O) groups excluding carboxylic acids is 1. The zero-order valence-electron chi connectivity index (χ0n) is 13.6. The van der Waals surface area contributed by atoms with E-state index < -0.39 is 0 Å². The van der Waals surface area contributed by atoms with E-state index in [1.54, 1.807) is 0 Å². The second kappa shape index (κ2) is 7.97. The first-order chi connectivity index (χ1) is 12.3. The first-order valence-corrected chi connectivity index (χ1v) is 7.92. The van der Waals surface area contributed by atoms with E-state index in [1.807, 2.05) is 60.7 Å². The van der Waals surface area contributed by atoms with Gasteiger partial charge in [0, 0.05) is 5.56 Å². The summed E-state index contributed by atoms with van der Waals surface area (Å²) in [5.41, 5.74) is 1.80. The third-order valence-corrected chi connectivity index (χ3v) is 3.60. The SMILES string of the molecule is N#CCCN1N=C(c2cccc(OCc3ccccc3)c2)OCC1=O. The van der Waals surface area contributed by atoms with E-state index in [9.17, 15) is 4.79 Å². The standard InChI is InChI=1S/C19H17N3O3/c20-10-5-11-22-18(23)14-25-19(21-22)16-8-4-9-17(12-16)24-13-15-6-2-1-3-7-15/h1-4,6-9,12H,5,11,13-14H2. The lowest BCUT2D eigenvalue weighted by atomic mass is 10.2. The summed E-state index contributed by atoms with van der Waals surface area (Å²) in [4.78, 5) is 11.8. The molecule has 1 aliphatic heterocycles. The Balaban J connectivity index is 1.72. The van der Waals surface area contributed by atoms with E-state index in [-0.39, 0.29) is 25.5 Å². The zero-order chi connectivity index (χ0) is 17.5. The van der Waals surface area contributed by atoms with Crippen LogP contribution in [0.1, 0.15) is 17.5 Å². The van der Waals surface area contributed by atoms with Crippen LogP contribution in [0.2, 0.25) is 0 Å². The molecule has 0 radical (unpaired) electrons. The van der Waals surface area contributed by atoms with Gasteiger partial charge >= 0.3 is 0 Å². The van der Waals surface area contributed by atoms with Gasteiger partial charge in [0.15, 0.2) is 6.61 Å². The maximum Gasteiger partial charge on any atom is 0.280 e. The van der Waals surface area contributed by atoms with Crippen molar-refractivity contribution < 1.29 is 14.3 Å². The minimum Gasteiger partial charge on any atom is -0.489 e. The molecule has 0 bridgehead atoms. The first-order valence-electron chi connectivity index (χ1n) is 7.92. The van der Waals surface area contributed by atoms with Crippen LogP contribution in [0.25, 0.3) is 0 Å². The van der Waals surface area contributed by atoms with Gasteiger partial charge in [0.25, 0.3) is 5.91 Å². The minimum absolute atomic E-state index is 0.0840. The Morgan fingerprint density at radius 2 is 2.04 bits per heavy atom. The molecule has 0 atom stereocenters. The van der Waals surface area contributed by atoms with Crippen molar-refractivity contribution in [1.82, 2.24) is 5.01 Å². The maximum atomic E-state index is 11.8. The Kier molecular flexibility index (Phi) is 5.27. The number of amides is 1. The molecule has 3 rings (SSSR count). The van der Waals surface area contributed by atoms with Gasteiger partial charge in [0.1, 0.15) is 12.4 Å². The quantitative estimate of drug-likeness (QED) is 0.813. The average Bonchev–Trinajstić information content (AvgIpc) is 2.67. The molecule has 0 N–H and O–H groups in total. The number of benzene rings is 2. The van der Waals surface area contributed by atoms with Crippen molar-refractivity contribution >= 4 is 11.8 Å². The molecule has 0 aliphatic carbocycles. The van der Waals surface area contributed by atoms with Crippen LogP contribution in [0.3, 0.4) is 0 Å². The number of hydrogen-bond donors (Lipinski definition) is 0. The molecule has 126 valence electrons. The monoisotopic (exact) mass is 335 g/mol. The molecular formula is C19H17N3O3. The summed E-state index contributed by atoms with van der Waals surface area (Å²) in [5, 5.41) is 14.2. The van der Waals surface area contributed by atoms with Crippen LogP contribution < -0.4 is 4.74 Å². The van der Waals surface area contributed by atoms with Crippen molar-refractivity contribution in [3.8, 4) is 11.8 Å². The van der Waals surface area contributed by atoms with Gasteiger partial charge in [0.05, 0.1) is 19.0 Å². The highest BCUT2D eigenvalue weighted by atomic mass is 16.5. The maximum absolute atomic E-state index is 11.8. The Morgan fingerprint density at radius 3 is 2.84 bits per heavy atom. The third kappa shape index (κ3) is 4.36. The lowest BCUT2D eigenvalue weighted by Gasteiger charge is -2.23. The van der Waals surface area contributed by atoms with Gasteiger partial charge in [-0.3, -0.25) is 4.79 Å². The second-order valence-electron chi connectivity index (χ2n) is 5.42. The van der Waals surface area contributed by atoms with Crippen LogP contribution in [0, 0.1) is 11.3 Å². The van der Waals surface area contributed by atoms with Gasteiger partial charge < -0.3 is 9.47 Å². The fourth-order valence-corrected chi connectivity index (χ4v) is 2.33.